The van der Waals surface area contributed by atoms with Crippen LogP contribution in [0.1, 0.15) is 11.1 Å². The van der Waals surface area contributed by atoms with Crippen molar-refractivity contribution in [2.75, 3.05) is 27.1 Å². The molecule has 2 aromatic carbocycles. The number of rotatable bonds is 4. The Hall–Kier alpha value is -2.36. The lowest BCUT2D eigenvalue weighted by Crippen LogP contribution is -2.00. The summed E-state index contributed by atoms with van der Waals surface area (Å²) in [5, 5.41) is 0. The van der Waals surface area contributed by atoms with Gasteiger partial charge in [-0.15, -0.1) is 0 Å². The lowest BCUT2D eigenvalue weighted by atomic mass is 9.95. The summed E-state index contributed by atoms with van der Waals surface area (Å²) >= 11 is 0. The number of nitrogens with two attached hydrogens (primary N) is 1. The van der Waals surface area contributed by atoms with Crippen LogP contribution in [0.5, 0.6) is 17.2 Å². The van der Waals surface area contributed by atoms with E-state index in [-0.39, 0.29) is 0 Å². The molecular formula is C17H21NO3. The van der Waals surface area contributed by atoms with E-state index >= 15 is 0 Å². The van der Waals surface area contributed by atoms with E-state index in [9.17, 15) is 0 Å². The first kappa shape index (κ1) is 15.0. The maximum Gasteiger partial charge on any atom is 0.130 e. The van der Waals surface area contributed by atoms with Gasteiger partial charge in [0.25, 0.3) is 0 Å². The van der Waals surface area contributed by atoms with Crippen molar-refractivity contribution in [3.8, 4) is 28.4 Å². The molecule has 0 amide bonds. The monoisotopic (exact) mass is 287 g/mol. The van der Waals surface area contributed by atoms with Crippen molar-refractivity contribution in [3.05, 3.63) is 35.4 Å². The zero-order valence-electron chi connectivity index (χ0n) is 13.1. The molecule has 0 saturated carbocycles. The molecule has 0 heterocycles. The summed E-state index contributed by atoms with van der Waals surface area (Å²) in [5.41, 5.74) is 10.7. The predicted molar refractivity (Wildman–Crippen MR) is 85.4 cm³/mol. The fourth-order valence-electron chi connectivity index (χ4n) is 2.53. The Bertz CT molecular complexity index is 666. The van der Waals surface area contributed by atoms with Gasteiger partial charge in [0, 0.05) is 17.3 Å². The van der Waals surface area contributed by atoms with Gasteiger partial charge in [0.15, 0.2) is 0 Å². The van der Waals surface area contributed by atoms with E-state index in [0.717, 1.165) is 33.8 Å². The molecular weight excluding hydrogens is 266 g/mol. The minimum absolute atomic E-state index is 0.665. The fraction of sp³-hybridized carbons (Fsp3) is 0.294. The molecule has 0 bridgehead atoms. The predicted octanol–water partition coefficient (Wildman–Crippen LogP) is 3.58. The first-order valence-corrected chi connectivity index (χ1v) is 6.69. The van der Waals surface area contributed by atoms with Gasteiger partial charge >= 0.3 is 0 Å². The minimum Gasteiger partial charge on any atom is -0.497 e. The molecule has 0 atom stereocenters. The summed E-state index contributed by atoms with van der Waals surface area (Å²) in [6.07, 6.45) is 0. The zero-order chi connectivity index (χ0) is 15.6. The molecule has 0 saturated heterocycles. The first-order chi connectivity index (χ1) is 10.0. The highest BCUT2D eigenvalue weighted by Gasteiger charge is 2.18. The zero-order valence-corrected chi connectivity index (χ0v) is 13.1. The molecule has 0 aromatic heterocycles. The van der Waals surface area contributed by atoms with Gasteiger partial charge in [0.05, 0.1) is 26.9 Å². The Labute approximate surface area is 125 Å². The number of nitrogen functional groups attached to an aromatic ring is 1. The van der Waals surface area contributed by atoms with Gasteiger partial charge in [0.2, 0.25) is 0 Å². The average molecular weight is 287 g/mol. The van der Waals surface area contributed by atoms with Gasteiger partial charge in [-0.3, -0.25) is 0 Å². The highest BCUT2D eigenvalue weighted by molar-refractivity contribution is 5.88. The van der Waals surface area contributed by atoms with Crippen LogP contribution < -0.4 is 19.9 Å². The van der Waals surface area contributed by atoms with Crippen LogP contribution in [0, 0.1) is 13.8 Å². The van der Waals surface area contributed by atoms with Crippen LogP contribution in [0.25, 0.3) is 11.1 Å². The maximum atomic E-state index is 6.23. The fourth-order valence-corrected chi connectivity index (χ4v) is 2.53. The molecule has 4 nitrogen and oxygen atoms in total. The van der Waals surface area contributed by atoms with Crippen LogP contribution in [0.15, 0.2) is 24.3 Å². The van der Waals surface area contributed by atoms with Crippen LogP contribution >= 0.6 is 0 Å². The Kier molecular flexibility index (Phi) is 4.26. The Morgan fingerprint density at radius 1 is 0.762 bits per heavy atom. The van der Waals surface area contributed by atoms with Gasteiger partial charge in [-0.05, 0) is 43.2 Å². The molecule has 0 spiro atoms. The third kappa shape index (κ3) is 2.75. The molecule has 0 aliphatic heterocycles. The van der Waals surface area contributed by atoms with Crippen LogP contribution in [-0.4, -0.2) is 21.3 Å². The van der Waals surface area contributed by atoms with Gasteiger partial charge < -0.3 is 19.9 Å². The molecule has 0 aliphatic rings. The lowest BCUT2D eigenvalue weighted by Gasteiger charge is -2.18. The van der Waals surface area contributed by atoms with Gasteiger partial charge in [-0.25, -0.2) is 0 Å². The second kappa shape index (κ2) is 5.95. The second-order valence-electron chi connectivity index (χ2n) is 4.95. The molecule has 2 rings (SSSR count). The van der Waals surface area contributed by atoms with Crippen LogP contribution in [0.4, 0.5) is 5.69 Å². The minimum atomic E-state index is 0.665. The number of anilines is 1. The molecule has 0 unspecified atom stereocenters. The molecule has 0 aliphatic carbocycles. The summed E-state index contributed by atoms with van der Waals surface area (Å²) in [6.45, 7) is 3.99. The van der Waals surface area contributed by atoms with Gasteiger partial charge in [-0.1, -0.05) is 0 Å². The average Bonchev–Trinajstić information content (AvgIpc) is 2.46. The molecule has 21 heavy (non-hydrogen) atoms. The van der Waals surface area contributed by atoms with Crippen molar-refractivity contribution in [1.29, 1.82) is 0 Å². The Morgan fingerprint density at radius 2 is 1.38 bits per heavy atom. The van der Waals surface area contributed by atoms with Gasteiger partial charge in [-0.2, -0.15) is 0 Å². The number of methoxy groups -OCH3 is 3. The number of benzene rings is 2. The molecule has 0 fully saturated rings. The van der Waals surface area contributed by atoms with Crippen LogP contribution in [0.2, 0.25) is 0 Å². The number of hydrogen-bond donors (Lipinski definition) is 1. The van der Waals surface area contributed by atoms with E-state index in [0.29, 0.717) is 11.4 Å². The van der Waals surface area contributed by atoms with Crippen LogP contribution in [0.3, 0.4) is 0 Å². The van der Waals surface area contributed by atoms with E-state index in [1.54, 1.807) is 21.3 Å². The lowest BCUT2D eigenvalue weighted by molar-refractivity contribution is 0.394. The van der Waals surface area contributed by atoms with E-state index < -0.39 is 0 Å². The number of hydrogen-bond acceptors (Lipinski definition) is 4. The summed E-state index contributed by atoms with van der Waals surface area (Å²) in [7, 11) is 4.91. The van der Waals surface area contributed by atoms with Crippen molar-refractivity contribution in [3.63, 3.8) is 0 Å². The number of ether oxygens (including phenoxy) is 3. The van der Waals surface area contributed by atoms with Crippen molar-refractivity contribution in [1.82, 2.24) is 0 Å². The van der Waals surface area contributed by atoms with Gasteiger partial charge in [0.1, 0.15) is 17.2 Å². The number of aryl methyl sites for hydroxylation is 2. The molecule has 4 heteroatoms. The Morgan fingerprint density at radius 3 is 1.95 bits per heavy atom. The quantitative estimate of drug-likeness (QED) is 0.873. The summed E-state index contributed by atoms with van der Waals surface area (Å²) in [5.74, 6) is 2.19. The summed E-state index contributed by atoms with van der Waals surface area (Å²) < 4.78 is 16.3. The van der Waals surface area contributed by atoms with E-state index in [1.807, 2.05) is 38.1 Å². The third-order valence-corrected chi connectivity index (χ3v) is 3.48. The van der Waals surface area contributed by atoms with Crippen molar-refractivity contribution < 1.29 is 14.2 Å². The summed E-state index contributed by atoms with van der Waals surface area (Å²) in [4.78, 5) is 0. The smallest absolute Gasteiger partial charge is 0.130 e. The third-order valence-electron chi connectivity index (χ3n) is 3.48. The largest absolute Gasteiger partial charge is 0.497 e. The highest BCUT2D eigenvalue weighted by Crippen LogP contribution is 2.44. The molecule has 0 radical (unpaired) electrons. The Balaban J connectivity index is 2.78. The summed E-state index contributed by atoms with van der Waals surface area (Å²) in [6, 6.07) is 7.70. The van der Waals surface area contributed by atoms with Crippen LogP contribution in [-0.2, 0) is 0 Å². The SMILES string of the molecule is COc1cc(C)c(-c2c(N)cc(C)cc2OC)c(OC)c1. The standard InChI is InChI=1S/C17H21NO3/c1-10-6-13(18)17(14(7-10)20-4)16-11(2)8-12(19-3)9-15(16)21-5/h6-9H,18H2,1-5H3. The van der Waals surface area contributed by atoms with Crippen molar-refractivity contribution in [2.24, 2.45) is 0 Å². The van der Waals surface area contributed by atoms with E-state index in [4.69, 9.17) is 19.9 Å². The topological polar surface area (TPSA) is 53.7 Å². The highest BCUT2D eigenvalue weighted by atomic mass is 16.5. The molecule has 112 valence electrons. The molecule has 2 N–H and O–H groups in total. The normalized spacial score (nSPS) is 10.3. The van der Waals surface area contributed by atoms with Crippen molar-refractivity contribution in [2.45, 2.75) is 13.8 Å². The first-order valence-electron chi connectivity index (χ1n) is 6.69. The van der Waals surface area contributed by atoms with E-state index in [2.05, 4.69) is 0 Å². The molecule has 2 aromatic rings. The van der Waals surface area contributed by atoms with E-state index in [1.165, 1.54) is 0 Å². The second-order valence-corrected chi connectivity index (χ2v) is 4.95. The maximum absolute atomic E-state index is 6.23. The van der Waals surface area contributed by atoms with Crippen molar-refractivity contribution >= 4 is 5.69 Å².